The van der Waals surface area contributed by atoms with Gasteiger partial charge in [-0.2, -0.15) is 0 Å². The number of aromatic nitrogens is 1. The highest BCUT2D eigenvalue weighted by atomic mass is 32.1. The Hall–Kier alpha value is -3.36. The van der Waals surface area contributed by atoms with E-state index in [2.05, 4.69) is 15.6 Å². The van der Waals surface area contributed by atoms with Crippen molar-refractivity contribution in [1.82, 2.24) is 15.6 Å². The first-order valence-corrected chi connectivity index (χ1v) is 10.9. The zero-order valence-electron chi connectivity index (χ0n) is 18.0. The number of halogens is 1. The Labute approximate surface area is 196 Å². The Morgan fingerprint density at radius 1 is 1.21 bits per heavy atom. The summed E-state index contributed by atoms with van der Waals surface area (Å²) < 4.78 is 20.6. The maximum absolute atomic E-state index is 15.2. The number of benzene rings is 2. The highest BCUT2D eigenvalue weighted by Crippen LogP contribution is 2.43. The van der Waals surface area contributed by atoms with Gasteiger partial charge >= 0.3 is 0 Å². The van der Waals surface area contributed by atoms with Gasteiger partial charge in [0, 0.05) is 41.8 Å². The van der Waals surface area contributed by atoms with Crippen molar-refractivity contribution >= 4 is 23.2 Å². The van der Waals surface area contributed by atoms with Crippen LogP contribution in [-0.2, 0) is 18.4 Å². The number of methoxy groups -OCH3 is 1. The molecule has 2 aromatic carbocycles. The van der Waals surface area contributed by atoms with Crippen molar-refractivity contribution in [3.63, 3.8) is 0 Å². The molecule has 0 fully saturated rings. The van der Waals surface area contributed by atoms with Crippen LogP contribution in [0.4, 0.5) is 4.39 Å². The van der Waals surface area contributed by atoms with Crippen LogP contribution < -0.4 is 15.4 Å². The third-order valence-corrected chi connectivity index (χ3v) is 6.30. The average molecular weight is 466 g/mol. The third kappa shape index (κ3) is 4.44. The van der Waals surface area contributed by atoms with Crippen LogP contribution in [0.1, 0.15) is 27.0 Å². The number of pyridine rings is 1. The summed E-state index contributed by atoms with van der Waals surface area (Å²) in [5, 5.41) is 16.3. The molecule has 3 N–H and O–H groups in total. The van der Waals surface area contributed by atoms with Crippen molar-refractivity contribution in [2.75, 3.05) is 13.7 Å². The third-order valence-electron chi connectivity index (χ3n) is 6.10. The molecule has 2 atom stereocenters. The Morgan fingerprint density at radius 3 is 2.64 bits per heavy atom. The summed E-state index contributed by atoms with van der Waals surface area (Å²) in [5.74, 6) is -0.814. The molecule has 1 aliphatic carbocycles. The van der Waals surface area contributed by atoms with Crippen LogP contribution in [0, 0.1) is 11.7 Å². The fourth-order valence-electron chi connectivity index (χ4n) is 4.50. The Morgan fingerprint density at radius 2 is 1.94 bits per heavy atom. The van der Waals surface area contributed by atoms with E-state index >= 15 is 4.39 Å². The molecule has 170 valence electrons. The highest BCUT2D eigenvalue weighted by molar-refractivity contribution is 7.80. The van der Waals surface area contributed by atoms with E-state index in [0.717, 1.165) is 11.1 Å². The van der Waals surface area contributed by atoms with Gasteiger partial charge in [-0.25, -0.2) is 9.37 Å². The summed E-state index contributed by atoms with van der Waals surface area (Å²) in [6.07, 6.45) is 2.36. The van der Waals surface area contributed by atoms with Gasteiger partial charge in [0.25, 0.3) is 5.91 Å². The molecular formula is C25H24FN3O3S. The van der Waals surface area contributed by atoms with E-state index in [0.29, 0.717) is 23.4 Å². The van der Waals surface area contributed by atoms with Gasteiger partial charge in [-0.15, -0.1) is 0 Å². The second-order valence-corrected chi connectivity index (χ2v) is 8.35. The molecule has 4 rings (SSSR count). The van der Waals surface area contributed by atoms with Crippen molar-refractivity contribution in [1.29, 1.82) is 0 Å². The van der Waals surface area contributed by atoms with Crippen molar-refractivity contribution in [3.05, 3.63) is 94.9 Å². The molecule has 1 heterocycles. The summed E-state index contributed by atoms with van der Waals surface area (Å²) >= 11 is 5.49. The topological polar surface area (TPSA) is 83.5 Å². The van der Waals surface area contributed by atoms with Crippen molar-refractivity contribution in [2.24, 2.45) is 5.92 Å². The predicted molar refractivity (Wildman–Crippen MR) is 126 cm³/mol. The average Bonchev–Trinajstić information content (AvgIpc) is 2.83. The molecule has 0 unspecified atom stereocenters. The number of carbonyl (C=O) groups excluding carboxylic acids is 1. The molecule has 1 amide bonds. The van der Waals surface area contributed by atoms with Crippen LogP contribution in [0.3, 0.4) is 0 Å². The molecule has 0 aliphatic heterocycles. The predicted octanol–water partition coefficient (Wildman–Crippen LogP) is 3.14. The van der Waals surface area contributed by atoms with Crippen LogP contribution in [0.25, 0.3) is 0 Å². The van der Waals surface area contributed by atoms with Crippen molar-refractivity contribution < 1.29 is 19.0 Å². The minimum atomic E-state index is -1.13. The number of aliphatic hydroxyl groups excluding tert-OH is 1. The summed E-state index contributed by atoms with van der Waals surface area (Å²) in [7, 11) is 1.53. The largest absolute Gasteiger partial charge is 0.481 e. The number of rotatable bonds is 5. The van der Waals surface area contributed by atoms with E-state index in [4.69, 9.17) is 17.0 Å². The summed E-state index contributed by atoms with van der Waals surface area (Å²) in [6, 6.07) is 16.9. The van der Waals surface area contributed by atoms with Crippen LogP contribution in [0.15, 0.2) is 66.9 Å². The highest BCUT2D eigenvalue weighted by Gasteiger charge is 2.47. The lowest BCUT2D eigenvalue weighted by molar-refractivity contribution is 0.0970. The Kier molecular flexibility index (Phi) is 6.67. The molecule has 6 nitrogen and oxygen atoms in total. The fourth-order valence-corrected chi connectivity index (χ4v) is 4.78. The van der Waals surface area contributed by atoms with Gasteiger partial charge < -0.3 is 15.2 Å². The number of ether oxygens (including phenoxy) is 1. The second kappa shape index (κ2) is 9.64. The smallest absolute Gasteiger partial charge is 0.257 e. The number of nitrogens with zero attached hydrogens (tertiary/aromatic N) is 1. The molecular weight excluding hydrogens is 441 g/mol. The molecule has 8 heteroatoms. The molecule has 3 aromatic rings. The maximum Gasteiger partial charge on any atom is 0.257 e. The number of aliphatic hydroxyl groups is 1. The van der Waals surface area contributed by atoms with Gasteiger partial charge in [-0.3, -0.25) is 10.1 Å². The maximum atomic E-state index is 15.2. The molecule has 0 spiro atoms. The first-order chi connectivity index (χ1) is 16.0. The van der Waals surface area contributed by atoms with Crippen molar-refractivity contribution in [2.45, 2.75) is 18.4 Å². The second-order valence-electron chi connectivity index (χ2n) is 7.94. The number of fused-ring (bicyclic) bond motifs is 1. The number of hydrogen-bond acceptors (Lipinski definition) is 5. The van der Waals surface area contributed by atoms with Crippen molar-refractivity contribution in [3.8, 4) is 5.88 Å². The number of carbonyl (C=O) groups is 1. The van der Waals surface area contributed by atoms with Gasteiger partial charge in [0.15, 0.2) is 5.11 Å². The van der Waals surface area contributed by atoms with Crippen LogP contribution >= 0.6 is 12.2 Å². The van der Waals surface area contributed by atoms with E-state index in [9.17, 15) is 9.90 Å². The van der Waals surface area contributed by atoms with Gasteiger partial charge in [0.1, 0.15) is 5.82 Å². The van der Waals surface area contributed by atoms with Gasteiger partial charge in [-0.1, -0.05) is 36.4 Å². The molecule has 1 aromatic heterocycles. The van der Waals surface area contributed by atoms with E-state index in [1.165, 1.54) is 13.2 Å². The lowest BCUT2D eigenvalue weighted by atomic mass is 9.67. The molecule has 0 bridgehead atoms. The lowest BCUT2D eigenvalue weighted by Crippen LogP contribution is -2.59. The number of hydrogen-bond donors (Lipinski definition) is 3. The van der Waals surface area contributed by atoms with Crippen LogP contribution in [-0.4, -0.2) is 34.8 Å². The molecule has 33 heavy (non-hydrogen) atoms. The normalized spacial score (nSPS) is 19.3. The number of amides is 1. The SMILES string of the molecule is COc1nccc2c1C[C@@](NC(=S)NC(=O)c1ccccc1)(c1ccccc1F)[C@H](CO)C2. The molecule has 1 aliphatic rings. The van der Waals surface area contributed by atoms with E-state index in [1.54, 1.807) is 48.7 Å². The molecule has 0 saturated carbocycles. The lowest BCUT2D eigenvalue weighted by Gasteiger charge is -2.46. The Balaban J connectivity index is 1.75. The zero-order valence-corrected chi connectivity index (χ0v) is 18.9. The summed E-state index contributed by atoms with van der Waals surface area (Å²) in [4.78, 5) is 17.0. The quantitative estimate of drug-likeness (QED) is 0.502. The fraction of sp³-hybridized carbons (Fsp3) is 0.240. The molecule has 0 saturated heterocycles. The van der Waals surface area contributed by atoms with Gasteiger partial charge in [0.05, 0.1) is 12.6 Å². The minimum Gasteiger partial charge on any atom is -0.481 e. The Bertz CT molecular complexity index is 1170. The monoisotopic (exact) mass is 465 g/mol. The van der Waals surface area contributed by atoms with E-state index in [1.807, 2.05) is 12.1 Å². The first-order valence-electron chi connectivity index (χ1n) is 10.5. The number of nitrogens with one attached hydrogen (secondary N) is 2. The summed E-state index contributed by atoms with van der Waals surface area (Å²) in [5.41, 5.74) is 1.42. The first kappa shape index (κ1) is 22.8. The van der Waals surface area contributed by atoms with E-state index < -0.39 is 17.3 Å². The van der Waals surface area contributed by atoms with Crippen LogP contribution in [0.5, 0.6) is 5.88 Å². The summed E-state index contributed by atoms with van der Waals surface area (Å²) in [6.45, 7) is -0.222. The number of thiocarbonyl (C=S) groups is 1. The van der Waals surface area contributed by atoms with Gasteiger partial charge in [0.2, 0.25) is 5.88 Å². The van der Waals surface area contributed by atoms with E-state index in [-0.39, 0.29) is 24.0 Å². The van der Waals surface area contributed by atoms with Gasteiger partial charge in [-0.05, 0) is 48.5 Å². The van der Waals surface area contributed by atoms with Crippen LogP contribution in [0.2, 0.25) is 0 Å². The zero-order chi connectivity index (χ0) is 23.4. The standard InChI is InChI=1S/C25H24FN3O3S/c1-32-23-19-14-25(20-9-5-6-10-21(20)26,18(15-30)13-17(19)11-12-27-23)29-24(33)28-22(31)16-7-3-2-4-8-16/h2-12,18,30H,13-15H2,1H3,(H2,28,29,31,33)/t18-,25-/m0/s1. The minimum absolute atomic E-state index is 0.0388. The molecule has 0 radical (unpaired) electrons.